The first-order valence-electron chi connectivity index (χ1n) is 7.44. The van der Waals surface area contributed by atoms with Crippen LogP contribution >= 0.6 is 0 Å². The molecule has 0 aliphatic rings. The molecule has 0 spiro atoms. The summed E-state index contributed by atoms with van der Waals surface area (Å²) in [6.45, 7) is 0. The fourth-order valence-corrected chi connectivity index (χ4v) is 2.75. The summed E-state index contributed by atoms with van der Waals surface area (Å²) in [6, 6.07) is 24.1. The van der Waals surface area contributed by atoms with E-state index in [9.17, 15) is 4.79 Å². The topological polar surface area (TPSA) is 34.9 Å². The number of rotatable bonds is 3. The Hall–Kier alpha value is -3.20. The fourth-order valence-electron chi connectivity index (χ4n) is 2.75. The molecule has 3 aromatic carbocycles. The van der Waals surface area contributed by atoms with Crippen LogP contribution in [0.15, 0.2) is 79.0 Å². The Morgan fingerprint density at radius 3 is 2.35 bits per heavy atom. The number of hydrogen-bond donors (Lipinski definition) is 0. The molecule has 0 bridgehead atoms. The maximum Gasteiger partial charge on any atom is 0.153 e. The summed E-state index contributed by atoms with van der Waals surface area (Å²) in [6.07, 6.45) is 2.63. The van der Waals surface area contributed by atoms with Crippen LogP contribution in [0.2, 0.25) is 0 Å². The molecule has 4 aromatic rings. The van der Waals surface area contributed by atoms with Gasteiger partial charge < -0.3 is 0 Å². The van der Waals surface area contributed by atoms with E-state index < -0.39 is 0 Å². The molecule has 0 aliphatic carbocycles. The SMILES string of the molecule is O=Cc1cn(-c2ccc3ccccc3c2)nc1-c1ccccc1. The van der Waals surface area contributed by atoms with Crippen LogP contribution in [0.3, 0.4) is 0 Å². The van der Waals surface area contributed by atoms with Gasteiger partial charge in [0.1, 0.15) is 5.69 Å². The monoisotopic (exact) mass is 298 g/mol. The van der Waals surface area contributed by atoms with Crippen LogP contribution in [-0.2, 0) is 0 Å². The average molecular weight is 298 g/mol. The van der Waals surface area contributed by atoms with Gasteiger partial charge in [0.2, 0.25) is 0 Å². The molecule has 110 valence electrons. The Labute approximate surface area is 133 Å². The van der Waals surface area contributed by atoms with Crippen molar-refractivity contribution in [1.82, 2.24) is 9.78 Å². The van der Waals surface area contributed by atoms with Crippen LogP contribution in [0, 0.1) is 0 Å². The predicted octanol–water partition coefficient (Wildman–Crippen LogP) is 4.51. The molecular weight excluding hydrogens is 284 g/mol. The van der Waals surface area contributed by atoms with Gasteiger partial charge in [0.15, 0.2) is 6.29 Å². The smallest absolute Gasteiger partial charge is 0.153 e. The Balaban J connectivity index is 1.85. The van der Waals surface area contributed by atoms with Crippen LogP contribution in [0.4, 0.5) is 0 Å². The number of hydrogen-bond acceptors (Lipinski definition) is 2. The molecular formula is C20H14N2O. The number of carbonyl (C=O) groups excluding carboxylic acids is 1. The summed E-state index contributed by atoms with van der Waals surface area (Å²) < 4.78 is 1.76. The maximum atomic E-state index is 11.4. The van der Waals surface area contributed by atoms with Crippen LogP contribution in [0.1, 0.15) is 10.4 Å². The van der Waals surface area contributed by atoms with Gasteiger partial charge in [-0.3, -0.25) is 4.79 Å². The van der Waals surface area contributed by atoms with Crippen LogP contribution in [0.5, 0.6) is 0 Å². The molecule has 0 saturated carbocycles. The van der Waals surface area contributed by atoms with Gasteiger partial charge in [-0.25, -0.2) is 4.68 Å². The second kappa shape index (κ2) is 5.54. The molecule has 0 atom stereocenters. The zero-order chi connectivity index (χ0) is 15.6. The van der Waals surface area contributed by atoms with Crippen molar-refractivity contribution in [1.29, 1.82) is 0 Å². The van der Waals surface area contributed by atoms with Crippen molar-refractivity contribution < 1.29 is 4.79 Å². The lowest BCUT2D eigenvalue weighted by Crippen LogP contribution is -1.94. The Bertz CT molecular complexity index is 987. The summed E-state index contributed by atoms with van der Waals surface area (Å²) in [5.41, 5.74) is 3.17. The predicted molar refractivity (Wildman–Crippen MR) is 91.9 cm³/mol. The molecule has 0 saturated heterocycles. The van der Waals surface area contributed by atoms with E-state index in [2.05, 4.69) is 29.4 Å². The third-order valence-corrected chi connectivity index (χ3v) is 3.91. The van der Waals surface area contributed by atoms with E-state index in [4.69, 9.17) is 0 Å². The zero-order valence-electron chi connectivity index (χ0n) is 12.4. The highest BCUT2D eigenvalue weighted by Crippen LogP contribution is 2.24. The molecule has 4 rings (SSSR count). The fraction of sp³-hybridized carbons (Fsp3) is 0. The van der Waals surface area contributed by atoms with Crippen molar-refractivity contribution in [2.45, 2.75) is 0 Å². The van der Waals surface area contributed by atoms with Crippen LogP contribution in [-0.4, -0.2) is 16.1 Å². The van der Waals surface area contributed by atoms with E-state index in [1.807, 2.05) is 48.5 Å². The third-order valence-electron chi connectivity index (χ3n) is 3.91. The third kappa shape index (κ3) is 2.42. The molecule has 1 heterocycles. The standard InChI is InChI=1S/C20H14N2O/c23-14-18-13-22(21-20(18)16-7-2-1-3-8-16)19-11-10-15-6-4-5-9-17(15)12-19/h1-14H. The Kier molecular flexibility index (Phi) is 3.24. The summed E-state index contributed by atoms with van der Waals surface area (Å²) in [5, 5.41) is 6.94. The largest absolute Gasteiger partial charge is 0.298 e. The van der Waals surface area contributed by atoms with E-state index in [0.29, 0.717) is 11.3 Å². The lowest BCUT2D eigenvalue weighted by atomic mass is 10.1. The van der Waals surface area contributed by atoms with E-state index in [1.54, 1.807) is 10.9 Å². The van der Waals surface area contributed by atoms with Gasteiger partial charge >= 0.3 is 0 Å². The Morgan fingerprint density at radius 2 is 1.57 bits per heavy atom. The molecule has 23 heavy (non-hydrogen) atoms. The van der Waals surface area contributed by atoms with E-state index >= 15 is 0 Å². The highest BCUT2D eigenvalue weighted by atomic mass is 16.1. The van der Waals surface area contributed by atoms with Gasteiger partial charge in [-0.2, -0.15) is 5.10 Å². The highest BCUT2D eigenvalue weighted by Gasteiger charge is 2.11. The minimum atomic E-state index is 0.587. The molecule has 0 unspecified atom stereocenters. The summed E-state index contributed by atoms with van der Waals surface area (Å²) >= 11 is 0. The molecule has 0 radical (unpaired) electrons. The van der Waals surface area contributed by atoms with Crippen molar-refractivity contribution in [3.8, 4) is 16.9 Å². The number of nitrogens with zero attached hydrogens (tertiary/aromatic N) is 2. The van der Waals surface area contributed by atoms with Crippen molar-refractivity contribution in [3.63, 3.8) is 0 Å². The van der Waals surface area contributed by atoms with Gasteiger partial charge in [-0.15, -0.1) is 0 Å². The second-order valence-corrected chi connectivity index (χ2v) is 5.39. The van der Waals surface area contributed by atoms with Crippen molar-refractivity contribution in [2.75, 3.05) is 0 Å². The number of aldehydes is 1. The van der Waals surface area contributed by atoms with Crippen LogP contribution in [0.25, 0.3) is 27.7 Å². The minimum Gasteiger partial charge on any atom is -0.298 e. The van der Waals surface area contributed by atoms with Gasteiger partial charge in [0.05, 0.1) is 11.3 Å². The van der Waals surface area contributed by atoms with Gasteiger partial charge in [-0.05, 0) is 22.9 Å². The van der Waals surface area contributed by atoms with Gasteiger partial charge in [0, 0.05) is 11.8 Å². The first-order chi connectivity index (χ1) is 11.3. The minimum absolute atomic E-state index is 0.587. The van der Waals surface area contributed by atoms with Gasteiger partial charge in [0.25, 0.3) is 0 Å². The summed E-state index contributed by atoms with van der Waals surface area (Å²) in [4.78, 5) is 11.4. The summed E-state index contributed by atoms with van der Waals surface area (Å²) in [7, 11) is 0. The first-order valence-corrected chi connectivity index (χ1v) is 7.44. The van der Waals surface area contributed by atoms with Crippen molar-refractivity contribution in [2.24, 2.45) is 0 Å². The van der Waals surface area contributed by atoms with Crippen molar-refractivity contribution in [3.05, 3.63) is 84.6 Å². The van der Waals surface area contributed by atoms with Gasteiger partial charge in [-0.1, -0.05) is 60.7 Å². The molecule has 0 aliphatic heterocycles. The summed E-state index contributed by atoms with van der Waals surface area (Å²) in [5.74, 6) is 0. The Morgan fingerprint density at radius 1 is 0.826 bits per heavy atom. The molecule has 3 heteroatoms. The second-order valence-electron chi connectivity index (χ2n) is 5.39. The number of aromatic nitrogens is 2. The van der Waals surface area contributed by atoms with Crippen LogP contribution < -0.4 is 0 Å². The number of carbonyl (C=O) groups is 1. The molecule has 0 N–H and O–H groups in total. The molecule has 1 aromatic heterocycles. The molecule has 0 amide bonds. The quantitative estimate of drug-likeness (QED) is 0.522. The average Bonchev–Trinajstić information content (AvgIpc) is 3.06. The van der Waals surface area contributed by atoms with E-state index in [-0.39, 0.29) is 0 Å². The molecule has 0 fully saturated rings. The molecule has 3 nitrogen and oxygen atoms in total. The normalized spacial score (nSPS) is 10.8. The lowest BCUT2D eigenvalue weighted by molar-refractivity contribution is 0.112. The van der Waals surface area contributed by atoms with E-state index in [0.717, 1.165) is 22.9 Å². The highest BCUT2D eigenvalue weighted by molar-refractivity contribution is 5.86. The number of fused-ring (bicyclic) bond motifs is 1. The first kappa shape index (κ1) is 13.5. The zero-order valence-corrected chi connectivity index (χ0v) is 12.4. The lowest BCUT2D eigenvalue weighted by Gasteiger charge is -2.03. The maximum absolute atomic E-state index is 11.4. The van der Waals surface area contributed by atoms with Crippen molar-refractivity contribution >= 4 is 17.1 Å². The van der Waals surface area contributed by atoms with E-state index in [1.165, 1.54) is 5.39 Å². The number of benzene rings is 3.